The summed E-state index contributed by atoms with van der Waals surface area (Å²) in [7, 11) is 1.57. The predicted molar refractivity (Wildman–Crippen MR) is 112 cm³/mol. The molecule has 3 rings (SSSR count). The van der Waals surface area contributed by atoms with Crippen LogP contribution in [0.2, 0.25) is 5.02 Å². The van der Waals surface area contributed by atoms with E-state index in [1.54, 1.807) is 13.2 Å². The SMILES string of the molecule is COc1cccc(CNC[C@H](O)c2ccccc2)c1OCc1ccc(F)cc1Cl. The Morgan fingerprint density at radius 1 is 1.03 bits per heavy atom. The van der Waals surface area contributed by atoms with Crippen LogP contribution in [0.25, 0.3) is 0 Å². The fourth-order valence-electron chi connectivity index (χ4n) is 2.95. The van der Waals surface area contributed by atoms with Crippen LogP contribution in [0.4, 0.5) is 4.39 Å². The number of hydrogen-bond acceptors (Lipinski definition) is 4. The zero-order chi connectivity index (χ0) is 20.6. The number of rotatable bonds is 9. The van der Waals surface area contributed by atoms with Gasteiger partial charge in [0.05, 0.1) is 18.2 Å². The summed E-state index contributed by atoms with van der Waals surface area (Å²) in [5.74, 6) is 0.779. The minimum Gasteiger partial charge on any atom is -0.493 e. The second kappa shape index (κ2) is 10.3. The third kappa shape index (κ3) is 5.70. The summed E-state index contributed by atoms with van der Waals surface area (Å²) in [4.78, 5) is 0. The summed E-state index contributed by atoms with van der Waals surface area (Å²) in [6, 6.07) is 19.3. The van der Waals surface area contributed by atoms with Crippen molar-refractivity contribution < 1.29 is 19.0 Å². The largest absolute Gasteiger partial charge is 0.493 e. The number of aliphatic hydroxyl groups excluding tert-OH is 1. The van der Waals surface area contributed by atoms with Crippen molar-refractivity contribution in [3.8, 4) is 11.5 Å². The molecule has 0 heterocycles. The molecule has 3 aromatic rings. The van der Waals surface area contributed by atoms with Crippen LogP contribution in [-0.4, -0.2) is 18.8 Å². The van der Waals surface area contributed by atoms with E-state index in [4.69, 9.17) is 21.1 Å². The van der Waals surface area contributed by atoms with Gasteiger partial charge in [-0.3, -0.25) is 0 Å². The van der Waals surface area contributed by atoms with Crippen molar-refractivity contribution in [2.24, 2.45) is 0 Å². The molecular weight excluding hydrogens is 393 g/mol. The topological polar surface area (TPSA) is 50.7 Å². The summed E-state index contributed by atoms with van der Waals surface area (Å²) < 4.78 is 24.6. The number of ether oxygens (including phenoxy) is 2. The molecule has 1 atom stereocenters. The van der Waals surface area contributed by atoms with Gasteiger partial charge < -0.3 is 19.9 Å². The second-order valence-electron chi connectivity index (χ2n) is 6.53. The lowest BCUT2D eigenvalue weighted by atomic mass is 10.1. The maximum Gasteiger partial charge on any atom is 0.166 e. The first-order valence-corrected chi connectivity index (χ1v) is 9.62. The van der Waals surface area contributed by atoms with Gasteiger partial charge in [-0.15, -0.1) is 0 Å². The fraction of sp³-hybridized carbons (Fsp3) is 0.217. The summed E-state index contributed by atoms with van der Waals surface area (Å²) in [6.07, 6.45) is -0.607. The molecule has 0 aliphatic heterocycles. The molecule has 3 aromatic carbocycles. The molecule has 0 aliphatic rings. The molecule has 2 N–H and O–H groups in total. The Morgan fingerprint density at radius 3 is 2.55 bits per heavy atom. The number of hydrogen-bond donors (Lipinski definition) is 2. The normalized spacial score (nSPS) is 11.9. The number of aliphatic hydroxyl groups is 1. The maximum absolute atomic E-state index is 13.2. The number of nitrogens with one attached hydrogen (secondary N) is 1. The van der Waals surface area contributed by atoms with Crippen LogP contribution in [0.5, 0.6) is 11.5 Å². The Hall–Kier alpha value is -2.60. The van der Waals surface area contributed by atoms with Crippen molar-refractivity contribution >= 4 is 11.6 Å². The molecule has 0 bridgehead atoms. The third-order valence-corrected chi connectivity index (χ3v) is 4.86. The standard InChI is InChI=1S/C23H23ClFNO3/c1-28-22-9-5-8-17(13-26-14-21(27)16-6-3-2-4-7-16)23(22)29-15-18-10-11-19(25)12-20(18)24/h2-12,21,26-27H,13-15H2,1H3/t21-/m0/s1. The van der Waals surface area contributed by atoms with Gasteiger partial charge in [-0.05, 0) is 23.8 Å². The van der Waals surface area contributed by atoms with E-state index >= 15 is 0 Å². The van der Waals surface area contributed by atoms with Crippen molar-refractivity contribution in [2.75, 3.05) is 13.7 Å². The van der Waals surface area contributed by atoms with Crippen LogP contribution in [-0.2, 0) is 13.2 Å². The molecule has 0 saturated carbocycles. The van der Waals surface area contributed by atoms with Crippen LogP contribution in [0, 0.1) is 5.82 Å². The van der Waals surface area contributed by atoms with Gasteiger partial charge in [0, 0.05) is 24.2 Å². The lowest BCUT2D eigenvalue weighted by Crippen LogP contribution is -2.21. The van der Waals surface area contributed by atoms with Crippen molar-refractivity contribution in [3.63, 3.8) is 0 Å². The van der Waals surface area contributed by atoms with Gasteiger partial charge in [-0.2, -0.15) is 0 Å². The van der Waals surface area contributed by atoms with Crippen molar-refractivity contribution in [1.82, 2.24) is 5.32 Å². The van der Waals surface area contributed by atoms with Crippen LogP contribution >= 0.6 is 11.6 Å². The fourth-order valence-corrected chi connectivity index (χ4v) is 3.17. The Balaban J connectivity index is 1.67. The molecule has 0 saturated heterocycles. The zero-order valence-corrected chi connectivity index (χ0v) is 16.8. The molecule has 0 fully saturated rings. The van der Waals surface area contributed by atoms with Crippen LogP contribution in [0.15, 0.2) is 66.7 Å². The Kier molecular flexibility index (Phi) is 7.47. The van der Waals surface area contributed by atoms with Crippen LogP contribution in [0.3, 0.4) is 0 Å². The molecular formula is C23H23ClFNO3. The van der Waals surface area contributed by atoms with Crippen molar-refractivity contribution in [3.05, 3.63) is 94.3 Å². The summed E-state index contributed by atoms with van der Waals surface area (Å²) in [6.45, 7) is 1.05. The number of para-hydroxylation sites is 1. The van der Waals surface area contributed by atoms with E-state index < -0.39 is 11.9 Å². The molecule has 0 aliphatic carbocycles. The van der Waals surface area contributed by atoms with Gasteiger partial charge >= 0.3 is 0 Å². The zero-order valence-electron chi connectivity index (χ0n) is 16.1. The summed E-state index contributed by atoms with van der Waals surface area (Å²) in [5, 5.41) is 13.9. The minimum absolute atomic E-state index is 0.180. The molecule has 4 nitrogen and oxygen atoms in total. The number of benzene rings is 3. The van der Waals surface area contributed by atoms with E-state index in [2.05, 4.69) is 5.32 Å². The predicted octanol–water partition coefficient (Wildman–Crippen LogP) is 4.89. The van der Waals surface area contributed by atoms with Gasteiger partial charge in [0.15, 0.2) is 11.5 Å². The summed E-state index contributed by atoms with van der Waals surface area (Å²) in [5.41, 5.74) is 2.41. The Morgan fingerprint density at radius 2 is 1.83 bits per heavy atom. The minimum atomic E-state index is -0.607. The number of methoxy groups -OCH3 is 1. The van der Waals surface area contributed by atoms with Crippen LogP contribution < -0.4 is 14.8 Å². The lowest BCUT2D eigenvalue weighted by Gasteiger charge is -2.17. The highest BCUT2D eigenvalue weighted by Gasteiger charge is 2.13. The van der Waals surface area contributed by atoms with Gasteiger partial charge in [-0.25, -0.2) is 4.39 Å². The molecule has 0 unspecified atom stereocenters. The Labute approximate surface area is 174 Å². The monoisotopic (exact) mass is 415 g/mol. The van der Waals surface area contributed by atoms with Gasteiger partial charge in [0.2, 0.25) is 0 Å². The van der Waals surface area contributed by atoms with E-state index in [-0.39, 0.29) is 6.61 Å². The van der Waals surface area contributed by atoms with E-state index in [1.807, 2.05) is 48.5 Å². The highest BCUT2D eigenvalue weighted by atomic mass is 35.5. The molecule has 0 spiro atoms. The second-order valence-corrected chi connectivity index (χ2v) is 6.94. The van der Waals surface area contributed by atoms with Crippen LogP contribution in [0.1, 0.15) is 22.8 Å². The van der Waals surface area contributed by atoms with E-state index in [0.29, 0.717) is 35.2 Å². The van der Waals surface area contributed by atoms with E-state index in [9.17, 15) is 9.50 Å². The summed E-state index contributed by atoms with van der Waals surface area (Å²) >= 11 is 6.09. The molecule has 29 heavy (non-hydrogen) atoms. The van der Waals surface area contributed by atoms with Crippen molar-refractivity contribution in [1.29, 1.82) is 0 Å². The first-order valence-electron chi connectivity index (χ1n) is 9.25. The highest BCUT2D eigenvalue weighted by molar-refractivity contribution is 6.31. The first-order chi connectivity index (χ1) is 14.1. The highest BCUT2D eigenvalue weighted by Crippen LogP contribution is 2.32. The quantitative estimate of drug-likeness (QED) is 0.522. The molecule has 0 radical (unpaired) electrons. The average Bonchev–Trinajstić information content (AvgIpc) is 2.74. The average molecular weight is 416 g/mol. The molecule has 0 aromatic heterocycles. The number of halogens is 2. The van der Waals surface area contributed by atoms with E-state index in [0.717, 1.165) is 11.1 Å². The smallest absolute Gasteiger partial charge is 0.166 e. The van der Waals surface area contributed by atoms with Gasteiger partial charge in [-0.1, -0.05) is 60.1 Å². The molecule has 0 amide bonds. The lowest BCUT2D eigenvalue weighted by molar-refractivity contribution is 0.174. The Bertz CT molecular complexity index is 937. The molecule has 152 valence electrons. The molecule has 6 heteroatoms. The van der Waals surface area contributed by atoms with Gasteiger partial charge in [0.1, 0.15) is 12.4 Å². The maximum atomic E-state index is 13.2. The van der Waals surface area contributed by atoms with Gasteiger partial charge in [0.25, 0.3) is 0 Å². The van der Waals surface area contributed by atoms with E-state index in [1.165, 1.54) is 12.1 Å². The van der Waals surface area contributed by atoms with Crippen molar-refractivity contribution in [2.45, 2.75) is 19.3 Å². The third-order valence-electron chi connectivity index (χ3n) is 4.50. The first kappa shape index (κ1) is 21.1.